The average molecular weight is 245 g/mol. The molecule has 0 saturated carbocycles. The Kier molecular flexibility index (Phi) is 5.56. The number of thioether (sulfide) groups is 1. The summed E-state index contributed by atoms with van der Waals surface area (Å²) in [6.07, 6.45) is 4.07. The van der Waals surface area contributed by atoms with Crippen molar-refractivity contribution in [3.8, 4) is 0 Å². The van der Waals surface area contributed by atoms with Gasteiger partial charge in [0.15, 0.2) is 4.34 Å². The Bertz CT molecular complexity index is 254. The molecule has 0 bridgehead atoms. The lowest BCUT2D eigenvalue weighted by Gasteiger charge is -2.20. The second-order valence-corrected chi connectivity index (χ2v) is 6.56. The van der Waals surface area contributed by atoms with E-state index >= 15 is 0 Å². The summed E-state index contributed by atoms with van der Waals surface area (Å²) in [7, 11) is 0. The molecule has 1 aromatic heterocycles. The maximum absolute atomic E-state index is 4.13. The number of unbranched alkanes of at least 4 members (excludes halogenated alkanes) is 1. The predicted molar refractivity (Wildman–Crippen MR) is 67.6 cm³/mol. The van der Waals surface area contributed by atoms with Gasteiger partial charge >= 0.3 is 0 Å². The van der Waals surface area contributed by atoms with Crippen molar-refractivity contribution in [3.05, 3.63) is 6.33 Å². The molecule has 0 aliphatic carbocycles. The SMILES string of the molecule is CC(C)(C)NCCCCSc1ncns1. The van der Waals surface area contributed by atoms with Crippen molar-refractivity contribution in [2.24, 2.45) is 0 Å². The van der Waals surface area contributed by atoms with Gasteiger partial charge in [0.25, 0.3) is 0 Å². The van der Waals surface area contributed by atoms with Crippen LogP contribution in [0.2, 0.25) is 0 Å². The molecule has 0 spiro atoms. The monoisotopic (exact) mass is 245 g/mol. The standard InChI is InChI=1S/C10H19N3S2/c1-10(2,3)12-6-4-5-7-14-9-11-8-13-15-9/h8,12H,4-7H2,1-3H3. The molecular formula is C10H19N3S2. The van der Waals surface area contributed by atoms with Crippen LogP contribution in [0.25, 0.3) is 0 Å². The van der Waals surface area contributed by atoms with E-state index in [2.05, 4.69) is 35.4 Å². The van der Waals surface area contributed by atoms with Gasteiger partial charge in [-0.1, -0.05) is 11.8 Å². The summed E-state index contributed by atoms with van der Waals surface area (Å²) in [5.41, 5.74) is 0.242. The van der Waals surface area contributed by atoms with Gasteiger partial charge in [-0.3, -0.25) is 0 Å². The lowest BCUT2D eigenvalue weighted by Crippen LogP contribution is -2.36. The summed E-state index contributed by atoms with van der Waals surface area (Å²) in [6, 6.07) is 0. The lowest BCUT2D eigenvalue weighted by atomic mass is 10.1. The minimum Gasteiger partial charge on any atom is -0.312 e. The van der Waals surface area contributed by atoms with Crippen molar-refractivity contribution >= 4 is 23.3 Å². The Morgan fingerprint density at radius 1 is 1.40 bits per heavy atom. The summed E-state index contributed by atoms with van der Waals surface area (Å²) in [5.74, 6) is 1.14. The van der Waals surface area contributed by atoms with Gasteiger partial charge in [0.1, 0.15) is 6.33 Å². The largest absolute Gasteiger partial charge is 0.312 e. The van der Waals surface area contributed by atoms with Crippen LogP contribution in [0.1, 0.15) is 33.6 Å². The van der Waals surface area contributed by atoms with Crippen LogP contribution in [0.5, 0.6) is 0 Å². The fourth-order valence-corrected chi connectivity index (χ4v) is 2.59. The third-order valence-corrected chi connectivity index (χ3v) is 3.68. The molecule has 1 heterocycles. The van der Waals surface area contributed by atoms with Crippen LogP contribution < -0.4 is 5.32 Å². The molecule has 5 heteroatoms. The van der Waals surface area contributed by atoms with E-state index in [0.717, 1.165) is 16.6 Å². The first-order valence-corrected chi connectivity index (χ1v) is 6.98. The van der Waals surface area contributed by atoms with Gasteiger partial charge < -0.3 is 5.32 Å². The zero-order chi connectivity index (χ0) is 11.1. The predicted octanol–water partition coefficient (Wildman–Crippen LogP) is 2.80. The minimum absolute atomic E-state index is 0.242. The maximum atomic E-state index is 4.13. The summed E-state index contributed by atoms with van der Waals surface area (Å²) >= 11 is 3.28. The Balaban J connectivity index is 1.94. The van der Waals surface area contributed by atoms with E-state index in [1.807, 2.05) is 0 Å². The van der Waals surface area contributed by atoms with E-state index in [-0.39, 0.29) is 5.54 Å². The van der Waals surface area contributed by atoms with Gasteiger partial charge in [-0.25, -0.2) is 4.98 Å². The first kappa shape index (κ1) is 12.9. The van der Waals surface area contributed by atoms with Crippen LogP contribution in [-0.4, -0.2) is 27.2 Å². The van der Waals surface area contributed by atoms with Gasteiger partial charge in [0.2, 0.25) is 0 Å². The van der Waals surface area contributed by atoms with Crippen molar-refractivity contribution in [2.75, 3.05) is 12.3 Å². The molecule has 1 N–H and O–H groups in total. The Hall–Kier alpha value is -0.130. The highest BCUT2D eigenvalue weighted by Gasteiger charge is 2.06. The molecule has 0 saturated heterocycles. The minimum atomic E-state index is 0.242. The molecule has 0 unspecified atom stereocenters. The first-order valence-electron chi connectivity index (χ1n) is 5.22. The quantitative estimate of drug-likeness (QED) is 0.618. The van der Waals surface area contributed by atoms with Gasteiger partial charge in [0, 0.05) is 11.3 Å². The lowest BCUT2D eigenvalue weighted by molar-refractivity contribution is 0.421. The smallest absolute Gasteiger partial charge is 0.169 e. The second kappa shape index (κ2) is 6.45. The number of hydrogen-bond donors (Lipinski definition) is 1. The van der Waals surface area contributed by atoms with Crippen molar-refractivity contribution in [3.63, 3.8) is 0 Å². The number of nitrogens with one attached hydrogen (secondary N) is 1. The molecule has 0 fully saturated rings. The molecule has 0 aliphatic rings. The summed E-state index contributed by atoms with van der Waals surface area (Å²) in [5, 5.41) is 3.48. The van der Waals surface area contributed by atoms with Gasteiger partial charge in [-0.05, 0) is 51.7 Å². The van der Waals surface area contributed by atoms with E-state index in [1.165, 1.54) is 24.4 Å². The number of nitrogens with zero attached hydrogens (tertiary/aromatic N) is 2. The first-order chi connectivity index (χ1) is 7.08. The molecule has 1 rings (SSSR count). The topological polar surface area (TPSA) is 37.8 Å². The van der Waals surface area contributed by atoms with Crippen LogP contribution in [0.15, 0.2) is 10.7 Å². The van der Waals surface area contributed by atoms with Crippen LogP contribution >= 0.6 is 23.3 Å². The Labute approximate surface area is 100 Å². The molecule has 3 nitrogen and oxygen atoms in total. The number of hydrogen-bond acceptors (Lipinski definition) is 5. The molecule has 1 aromatic rings. The van der Waals surface area contributed by atoms with Gasteiger partial charge in [0.05, 0.1) is 0 Å². The van der Waals surface area contributed by atoms with E-state index in [9.17, 15) is 0 Å². The number of aromatic nitrogens is 2. The van der Waals surface area contributed by atoms with Crippen LogP contribution in [0.3, 0.4) is 0 Å². The summed E-state index contributed by atoms with van der Waals surface area (Å²) < 4.78 is 5.05. The molecule has 15 heavy (non-hydrogen) atoms. The fraction of sp³-hybridized carbons (Fsp3) is 0.800. The van der Waals surface area contributed by atoms with Crippen molar-refractivity contribution < 1.29 is 0 Å². The third kappa shape index (κ3) is 6.87. The molecule has 0 aliphatic heterocycles. The zero-order valence-electron chi connectivity index (χ0n) is 9.62. The van der Waals surface area contributed by atoms with Crippen LogP contribution in [0, 0.1) is 0 Å². The van der Waals surface area contributed by atoms with E-state index in [0.29, 0.717) is 0 Å². The normalized spacial score (nSPS) is 11.9. The highest BCUT2D eigenvalue weighted by molar-refractivity contribution is 8.00. The summed E-state index contributed by atoms with van der Waals surface area (Å²) in [6.45, 7) is 7.69. The van der Waals surface area contributed by atoms with Crippen molar-refractivity contribution in [2.45, 2.75) is 43.5 Å². The molecule has 0 amide bonds. The summed E-state index contributed by atoms with van der Waals surface area (Å²) in [4.78, 5) is 4.13. The second-order valence-electron chi connectivity index (χ2n) is 4.44. The zero-order valence-corrected chi connectivity index (χ0v) is 11.2. The van der Waals surface area contributed by atoms with E-state index < -0.39 is 0 Å². The highest BCUT2D eigenvalue weighted by atomic mass is 32.2. The van der Waals surface area contributed by atoms with Gasteiger partial charge in [-0.2, -0.15) is 4.37 Å². The average Bonchev–Trinajstić information content (AvgIpc) is 2.61. The third-order valence-electron chi connectivity index (χ3n) is 1.79. The van der Waals surface area contributed by atoms with Gasteiger partial charge in [-0.15, -0.1) is 0 Å². The maximum Gasteiger partial charge on any atom is 0.169 e. The van der Waals surface area contributed by atoms with Crippen LogP contribution in [-0.2, 0) is 0 Å². The highest BCUT2D eigenvalue weighted by Crippen LogP contribution is 2.19. The molecule has 0 aromatic carbocycles. The Morgan fingerprint density at radius 2 is 2.20 bits per heavy atom. The van der Waals surface area contributed by atoms with Crippen molar-refractivity contribution in [1.82, 2.24) is 14.7 Å². The molecule has 86 valence electrons. The fourth-order valence-electron chi connectivity index (χ4n) is 1.08. The van der Waals surface area contributed by atoms with Crippen molar-refractivity contribution in [1.29, 1.82) is 0 Å². The molecular weight excluding hydrogens is 226 g/mol. The van der Waals surface area contributed by atoms with E-state index in [4.69, 9.17) is 0 Å². The molecule has 0 atom stereocenters. The number of rotatable bonds is 6. The van der Waals surface area contributed by atoms with Crippen LogP contribution in [0.4, 0.5) is 0 Å². The van der Waals surface area contributed by atoms with E-state index in [1.54, 1.807) is 18.1 Å². The molecule has 0 radical (unpaired) electrons. The Morgan fingerprint density at radius 3 is 2.80 bits per heavy atom.